The van der Waals surface area contributed by atoms with Crippen LogP contribution >= 0.6 is 0 Å². The number of nitrogens with two attached hydrogens (primary N) is 1. The van der Waals surface area contributed by atoms with E-state index in [2.05, 4.69) is 23.8 Å². The van der Waals surface area contributed by atoms with Crippen LogP contribution < -0.4 is 5.73 Å². The molecule has 1 aromatic rings. The molecule has 3 heteroatoms. The van der Waals surface area contributed by atoms with Crippen molar-refractivity contribution in [1.29, 1.82) is 0 Å². The average Bonchev–Trinajstić information content (AvgIpc) is 2.45. The van der Waals surface area contributed by atoms with Crippen molar-refractivity contribution in [3.05, 3.63) is 17.2 Å². The van der Waals surface area contributed by atoms with Crippen molar-refractivity contribution in [2.24, 2.45) is 5.73 Å². The van der Waals surface area contributed by atoms with Crippen molar-refractivity contribution < 1.29 is 0 Å². The fraction of sp³-hybridized carbons (Fsp3) is 0.727. The Morgan fingerprint density at radius 1 is 1.43 bits per heavy atom. The molecule has 0 aliphatic carbocycles. The van der Waals surface area contributed by atoms with E-state index in [4.69, 9.17) is 5.73 Å². The van der Waals surface area contributed by atoms with Gasteiger partial charge in [-0.15, -0.1) is 0 Å². The van der Waals surface area contributed by atoms with Gasteiger partial charge >= 0.3 is 0 Å². The highest BCUT2D eigenvalue weighted by molar-refractivity contribution is 5.13. The normalized spacial score (nSPS) is 13.1. The van der Waals surface area contributed by atoms with Crippen molar-refractivity contribution >= 4 is 0 Å². The molecule has 1 aromatic heterocycles. The summed E-state index contributed by atoms with van der Waals surface area (Å²) in [5, 5.41) is 0. The van der Waals surface area contributed by atoms with Crippen LogP contribution in [0.15, 0.2) is 0 Å². The molecule has 0 spiro atoms. The van der Waals surface area contributed by atoms with Gasteiger partial charge in [0.2, 0.25) is 0 Å². The summed E-state index contributed by atoms with van der Waals surface area (Å²) in [6.07, 6.45) is 4.18. The Morgan fingerprint density at radius 3 is 2.71 bits per heavy atom. The number of aryl methyl sites for hydroxylation is 3. The minimum atomic E-state index is 0.259. The van der Waals surface area contributed by atoms with Crippen molar-refractivity contribution in [3.63, 3.8) is 0 Å². The maximum Gasteiger partial charge on any atom is 0.106 e. The Hall–Kier alpha value is -0.830. The lowest BCUT2D eigenvalue weighted by Gasteiger charge is -2.01. The van der Waals surface area contributed by atoms with Gasteiger partial charge in [-0.05, 0) is 26.7 Å². The van der Waals surface area contributed by atoms with Crippen LogP contribution in [0.1, 0.15) is 43.9 Å². The van der Waals surface area contributed by atoms with Crippen molar-refractivity contribution in [2.75, 3.05) is 0 Å². The number of aromatic amines is 1. The van der Waals surface area contributed by atoms with Gasteiger partial charge in [0.1, 0.15) is 5.82 Å². The molecule has 3 N–H and O–H groups in total. The summed E-state index contributed by atoms with van der Waals surface area (Å²) in [5.41, 5.74) is 8.13. The molecule has 1 rings (SSSR count). The van der Waals surface area contributed by atoms with E-state index in [-0.39, 0.29) is 6.04 Å². The van der Waals surface area contributed by atoms with Crippen LogP contribution in [0, 0.1) is 6.92 Å². The molecule has 0 radical (unpaired) electrons. The largest absolute Gasteiger partial charge is 0.346 e. The monoisotopic (exact) mass is 195 g/mol. The zero-order chi connectivity index (χ0) is 10.6. The van der Waals surface area contributed by atoms with E-state index in [1.807, 2.05) is 6.92 Å². The Bertz CT molecular complexity index is 276. The molecule has 0 amide bonds. The van der Waals surface area contributed by atoms with Crippen LogP contribution in [0.3, 0.4) is 0 Å². The van der Waals surface area contributed by atoms with E-state index >= 15 is 0 Å². The molecule has 3 nitrogen and oxygen atoms in total. The Labute approximate surface area is 86.1 Å². The number of aromatic nitrogens is 2. The molecule has 0 bridgehead atoms. The minimum absolute atomic E-state index is 0.259. The highest BCUT2D eigenvalue weighted by atomic mass is 14.9. The van der Waals surface area contributed by atoms with Gasteiger partial charge in [0.15, 0.2) is 0 Å². The van der Waals surface area contributed by atoms with E-state index in [1.165, 1.54) is 11.4 Å². The van der Waals surface area contributed by atoms with Gasteiger partial charge in [0.25, 0.3) is 0 Å². The molecule has 0 aromatic carbocycles. The average molecular weight is 195 g/mol. The SMILES string of the molecule is CCCc1nc(CCC(C)N)[nH]c1C. The predicted octanol–water partition coefficient (Wildman–Crippen LogP) is 1.95. The third-order valence-corrected chi connectivity index (χ3v) is 2.36. The first-order chi connectivity index (χ1) is 6.63. The van der Waals surface area contributed by atoms with Gasteiger partial charge in [-0.2, -0.15) is 0 Å². The molecule has 14 heavy (non-hydrogen) atoms. The number of hydrogen-bond donors (Lipinski definition) is 2. The molecule has 1 unspecified atom stereocenters. The minimum Gasteiger partial charge on any atom is -0.346 e. The zero-order valence-electron chi connectivity index (χ0n) is 9.43. The summed E-state index contributed by atoms with van der Waals surface area (Å²) in [7, 11) is 0. The Morgan fingerprint density at radius 2 is 2.14 bits per heavy atom. The van der Waals surface area contributed by atoms with E-state index in [0.29, 0.717) is 0 Å². The Balaban J connectivity index is 2.56. The van der Waals surface area contributed by atoms with Crippen LogP contribution in [-0.4, -0.2) is 16.0 Å². The van der Waals surface area contributed by atoms with Gasteiger partial charge in [-0.1, -0.05) is 13.3 Å². The van der Waals surface area contributed by atoms with Gasteiger partial charge < -0.3 is 10.7 Å². The lowest BCUT2D eigenvalue weighted by Crippen LogP contribution is -2.15. The first-order valence-corrected chi connectivity index (χ1v) is 5.43. The van der Waals surface area contributed by atoms with Crippen molar-refractivity contribution in [1.82, 2.24) is 9.97 Å². The third kappa shape index (κ3) is 3.14. The van der Waals surface area contributed by atoms with Gasteiger partial charge in [0.05, 0.1) is 5.69 Å². The number of hydrogen-bond acceptors (Lipinski definition) is 2. The second-order valence-electron chi connectivity index (χ2n) is 4.02. The number of imidazole rings is 1. The number of nitrogens with zero attached hydrogens (tertiary/aromatic N) is 1. The lowest BCUT2D eigenvalue weighted by atomic mass is 10.2. The molecular formula is C11H21N3. The highest BCUT2D eigenvalue weighted by Gasteiger charge is 2.06. The maximum absolute atomic E-state index is 5.70. The number of nitrogens with one attached hydrogen (secondary N) is 1. The topological polar surface area (TPSA) is 54.7 Å². The first-order valence-electron chi connectivity index (χ1n) is 5.43. The van der Waals surface area contributed by atoms with E-state index in [1.54, 1.807) is 0 Å². The summed E-state index contributed by atoms with van der Waals surface area (Å²) in [6.45, 7) is 6.30. The van der Waals surface area contributed by atoms with E-state index < -0.39 is 0 Å². The predicted molar refractivity (Wildman–Crippen MR) is 59.3 cm³/mol. The van der Waals surface area contributed by atoms with Crippen LogP contribution in [-0.2, 0) is 12.8 Å². The van der Waals surface area contributed by atoms with Crippen LogP contribution in [0.2, 0.25) is 0 Å². The smallest absolute Gasteiger partial charge is 0.106 e. The molecule has 80 valence electrons. The molecule has 1 heterocycles. The molecule has 0 aliphatic rings. The van der Waals surface area contributed by atoms with Gasteiger partial charge in [0, 0.05) is 18.2 Å². The van der Waals surface area contributed by atoms with E-state index in [0.717, 1.165) is 31.5 Å². The molecule has 0 saturated heterocycles. The van der Waals surface area contributed by atoms with Crippen LogP contribution in [0.5, 0.6) is 0 Å². The number of rotatable bonds is 5. The summed E-state index contributed by atoms with van der Waals surface area (Å²) < 4.78 is 0. The summed E-state index contributed by atoms with van der Waals surface area (Å²) in [6, 6.07) is 0.259. The Kier molecular flexibility index (Phi) is 4.14. The molecule has 0 aliphatic heterocycles. The molecule has 0 saturated carbocycles. The first kappa shape index (κ1) is 11.2. The molecule has 1 atom stereocenters. The van der Waals surface area contributed by atoms with Gasteiger partial charge in [-0.25, -0.2) is 4.98 Å². The second kappa shape index (κ2) is 5.15. The summed E-state index contributed by atoms with van der Waals surface area (Å²) in [4.78, 5) is 7.88. The van der Waals surface area contributed by atoms with E-state index in [9.17, 15) is 0 Å². The summed E-state index contributed by atoms with van der Waals surface area (Å²) >= 11 is 0. The summed E-state index contributed by atoms with van der Waals surface area (Å²) in [5.74, 6) is 1.09. The highest BCUT2D eigenvalue weighted by Crippen LogP contribution is 2.09. The molecule has 0 fully saturated rings. The van der Waals surface area contributed by atoms with Gasteiger partial charge in [-0.3, -0.25) is 0 Å². The maximum atomic E-state index is 5.70. The number of H-pyrrole nitrogens is 1. The van der Waals surface area contributed by atoms with Crippen molar-refractivity contribution in [3.8, 4) is 0 Å². The third-order valence-electron chi connectivity index (χ3n) is 2.36. The quantitative estimate of drug-likeness (QED) is 0.754. The fourth-order valence-corrected chi connectivity index (χ4v) is 1.53. The van der Waals surface area contributed by atoms with Crippen LogP contribution in [0.25, 0.3) is 0 Å². The van der Waals surface area contributed by atoms with Crippen molar-refractivity contribution in [2.45, 2.75) is 52.5 Å². The van der Waals surface area contributed by atoms with Crippen LogP contribution in [0.4, 0.5) is 0 Å². The lowest BCUT2D eigenvalue weighted by molar-refractivity contribution is 0.650. The second-order valence-corrected chi connectivity index (χ2v) is 4.02. The fourth-order valence-electron chi connectivity index (χ4n) is 1.53. The zero-order valence-corrected chi connectivity index (χ0v) is 9.43. The standard InChI is InChI=1S/C11H21N3/c1-4-5-10-9(3)13-11(14-10)7-6-8(2)12/h8H,4-7,12H2,1-3H3,(H,13,14). The molecular weight excluding hydrogens is 174 g/mol.